The van der Waals surface area contributed by atoms with Crippen LogP contribution in [0.25, 0.3) is 0 Å². The highest BCUT2D eigenvalue weighted by Gasteiger charge is 2.43. The van der Waals surface area contributed by atoms with Gasteiger partial charge in [-0.3, -0.25) is 4.98 Å². The van der Waals surface area contributed by atoms with Crippen LogP contribution in [0.15, 0.2) is 36.2 Å². The summed E-state index contributed by atoms with van der Waals surface area (Å²) in [7, 11) is 0. The van der Waals surface area contributed by atoms with Gasteiger partial charge in [-0.25, -0.2) is 0 Å². The predicted octanol–water partition coefficient (Wildman–Crippen LogP) is 4.62. The van der Waals surface area contributed by atoms with Gasteiger partial charge in [-0.2, -0.15) is 0 Å². The summed E-state index contributed by atoms with van der Waals surface area (Å²) in [5.74, 6) is 2.49. The van der Waals surface area contributed by atoms with Gasteiger partial charge < -0.3 is 4.74 Å². The van der Waals surface area contributed by atoms with Gasteiger partial charge in [0.05, 0.1) is 6.20 Å². The van der Waals surface area contributed by atoms with Crippen molar-refractivity contribution >= 4 is 0 Å². The average molecular weight is 271 g/mol. The monoisotopic (exact) mass is 271 g/mol. The van der Waals surface area contributed by atoms with Gasteiger partial charge in [0, 0.05) is 12.6 Å². The Balaban J connectivity index is 1.73. The summed E-state index contributed by atoms with van der Waals surface area (Å²) in [5, 5.41) is 0. The highest BCUT2D eigenvalue weighted by atomic mass is 16.5. The van der Waals surface area contributed by atoms with Crippen LogP contribution in [0.2, 0.25) is 0 Å². The van der Waals surface area contributed by atoms with E-state index in [0.717, 1.165) is 30.4 Å². The highest BCUT2D eigenvalue weighted by Crippen LogP contribution is 2.52. The van der Waals surface area contributed by atoms with Crippen LogP contribution in [0.5, 0.6) is 5.75 Å². The van der Waals surface area contributed by atoms with Crippen LogP contribution in [-0.4, -0.2) is 11.1 Å². The molecule has 2 nitrogen and oxygen atoms in total. The van der Waals surface area contributed by atoms with E-state index < -0.39 is 0 Å². The fourth-order valence-corrected chi connectivity index (χ4v) is 3.91. The van der Waals surface area contributed by atoms with Crippen molar-refractivity contribution in [2.75, 3.05) is 0 Å². The minimum Gasteiger partial charge on any atom is -0.488 e. The van der Waals surface area contributed by atoms with Crippen LogP contribution in [0.1, 0.15) is 46.5 Å². The second-order valence-electron chi connectivity index (χ2n) is 6.82. The van der Waals surface area contributed by atoms with Gasteiger partial charge in [0.1, 0.15) is 11.9 Å². The van der Waals surface area contributed by atoms with E-state index in [1.165, 1.54) is 12.8 Å². The third kappa shape index (κ3) is 2.36. The lowest BCUT2D eigenvalue weighted by molar-refractivity contribution is 0.0749. The van der Waals surface area contributed by atoms with E-state index in [9.17, 15) is 0 Å². The molecule has 3 rings (SSSR count). The summed E-state index contributed by atoms with van der Waals surface area (Å²) in [6.45, 7) is 7.28. The number of aromatic nitrogens is 1. The van der Waals surface area contributed by atoms with Gasteiger partial charge in [-0.15, -0.1) is 0 Å². The Kier molecular flexibility index (Phi) is 3.57. The second-order valence-corrected chi connectivity index (χ2v) is 6.82. The molecule has 0 aromatic carbocycles. The lowest BCUT2D eigenvalue weighted by Crippen LogP contribution is -2.41. The molecule has 1 heterocycles. The average Bonchev–Trinajstić information content (AvgIpc) is 2.46. The molecule has 2 aliphatic rings. The molecule has 0 aliphatic heterocycles. The van der Waals surface area contributed by atoms with E-state index in [-0.39, 0.29) is 0 Å². The summed E-state index contributed by atoms with van der Waals surface area (Å²) >= 11 is 0. The zero-order chi connectivity index (χ0) is 14.2. The first-order valence-electron chi connectivity index (χ1n) is 7.86. The van der Waals surface area contributed by atoms with Crippen molar-refractivity contribution < 1.29 is 4.74 Å². The van der Waals surface area contributed by atoms with Gasteiger partial charge in [-0.1, -0.05) is 32.4 Å². The standard InChI is InChI=1S/C18H25NO/c1-13-6-7-15-11-16(8-9-18(15,3)14(13)2)20-17-5-4-10-19-12-17/h4-5,7,10,12-14,16H,6,8-9,11H2,1-3H3/t13?,14?,16-,18+/m0/s1. The van der Waals surface area contributed by atoms with Crippen LogP contribution >= 0.6 is 0 Å². The molecular weight excluding hydrogens is 246 g/mol. The summed E-state index contributed by atoms with van der Waals surface area (Å²) < 4.78 is 6.11. The molecule has 2 unspecified atom stereocenters. The Hall–Kier alpha value is -1.31. The Labute approximate surface area is 122 Å². The summed E-state index contributed by atoms with van der Waals surface area (Å²) in [6, 6.07) is 3.94. The van der Waals surface area contributed by atoms with Crippen LogP contribution in [0.3, 0.4) is 0 Å². The topological polar surface area (TPSA) is 22.1 Å². The predicted molar refractivity (Wildman–Crippen MR) is 81.6 cm³/mol. The normalized spacial score (nSPS) is 37.0. The maximum absolute atomic E-state index is 6.11. The molecule has 0 spiro atoms. The van der Waals surface area contributed by atoms with Crippen molar-refractivity contribution in [2.24, 2.45) is 17.3 Å². The fourth-order valence-electron chi connectivity index (χ4n) is 3.91. The SMILES string of the molecule is CC1CC=C2C[C@@H](Oc3cccnc3)CC[C@]2(C)C1C. The van der Waals surface area contributed by atoms with Crippen molar-refractivity contribution in [3.63, 3.8) is 0 Å². The number of fused-ring (bicyclic) bond motifs is 1. The Bertz CT molecular complexity index is 495. The Morgan fingerprint density at radius 2 is 2.20 bits per heavy atom. The van der Waals surface area contributed by atoms with E-state index in [4.69, 9.17) is 4.74 Å². The molecule has 1 aromatic heterocycles. The van der Waals surface area contributed by atoms with E-state index in [1.807, 2.05) is 18.3 Å². The van der Waals surface area contributed by atoms with Crippen molar-refractivity contribution in [1.82, 2.24) is 4.98 Å². The minimum atomic E-state index is 0.319. The van der Waals surface area contributed by atoms with Gasteiger partial charge in [0.25, 0.3) is 0 Å². The molecule has 0 radical (unpaired) electrons. The highest BCUT2D eigenvalue weighted by molar-refractivity contribution is 5.24. The molecule has 0 bridgehead atoms. The lowest BCUT2D eigenvalue weighted by Gasteiger charge is -2.48. The van der Waals surface area contributed by atoms with Crippen LogP contribution in [0, 0.1) is 17.3 Å². The minimum absolute atomic E-state index is 0.319. The molecule has 4 atom stereocenters. The third-order valence-electron chi connectivity index (χ3n) is 5.70. The molecule has 108 valence electrons. The summed E-state index contributed by atoms with van der Waals surface area (Å²) in [4.78, 5) is 4.13. The van der Waals surface area contributed by atoms with Crippen molar-refractivity contribution in [2.45, 2.75) is 52.6 Å². The molecule has 2 aliphatic carbocycles. The smallest absolute Gasteiger partial charge is 0.138 e. The number of hydrogen-bond acceptors (Lipinski definition) is 2. The molecule has 0 saturated heterocycles. The number of allylic oxidation sites excluding steroid dienone is 1. The van der Waals surface area contributed by atoms with Crippen molar-refractivity contribution in [3.05, 3.63) is 36.2 Å². The Morgan fingerprint density at radius 3 is 2.95 bits per heavy atom. The maximum Gasteiger partial charge on any atom is 0.138 e. The van der Waals surface area contributed by atoms with Gasteiger partial charge in [-0.05, 0) is 48.6 Å². The van der Waals surface area contributed by atoms with Crippen LogP contribution in [0.4, 0.5) is 0 Å². The zero-order valence-electron chi connectivity index (χ0n) is 12.8. The van der Waals surface area contributed by atoms with E-state index in [0.29, 0.717) is 11.5 Å². The molecule has 1 saturated carbocycles. The van der Waals surface area contributed by atoms with Crippen molar-refractivity contribution in [3.8, 4) is 5.75 Å². The number of hydrogen-bond donors (Lipinski definition) is 0. The lowest BCUT2D eigenvalue weighted by atomic mass is 9.57. The molecule has 1 fully saturated rings. The van der Waals surface area contributed by atoms with Crippen molar-refractivity contribution in [1.29, 1.82) is 0 Å². The van der Waals surface area contributed by atoms with Gasteiger partial charge >= 0.3 is 0 Å². The first-order chi connectivity index (χ1) is 9.59. The number of rotatable bonds is 2. The summed E-state index contributed by atoms with van der Waals surface area (Å²) in [6.07, 6.45) is 11.1. The third-order valence-corrected chi connectivity index (χ3v) is 5.70. The van der Waals surface area contributed by atoms with Gasteiger partial charge in [0.2, 0.25) is 0 Å². The molecule has 0 N–H and O–H groups in total. The summed E-state index contributed by atoms with van der Waals surface area (Å²) in [5.41, 5.74) is 2.02. The molecule has 0 amide bonds. The van der Waals surface area contributed by atoms with E-state index >= 15 is 0 Å². The second kappa shape index (κ2) is 5.23. The Morgan fingerprint density at radius 1 is 1.35 bits per heavy atom. The number of nitrogens with zero attached hydrogens (tertiary/aromatic N) is 1. The maximum atomic E-state index is 6.11. The number of pyridine rings is 1. The van der Waals surface area contributed by atoms with Crippen LogP contribution in [-0.2, 0) is 0 Å². The first kappa shape index (κ1) is 13.7. The first-order valence-corrected chi connectivity index (χ1v) is 7.86. The zero-order valence-corrected chi connectivity index (χ0v) is 12.8. The van der Waals surface area contributed by atoms with E-state index in [1.54, 1.807) is 11.8 Å². The largest absolute Gasteiger partial charge is 0.488 e. The quantitative estimate of drug-likeness (QED) is 0.732. The van der Waals surface area contributed by atoms with Crippen LogP contribution < -0.4 is 4.74 Å². The fraction of sp³-hybridized carbons (Fsp3) is 0.611. The molecule has 1 aromatic rings. The molecule has 20 heavy (non-hydrogen) atoms. The molecular formula is C18H25NO. The number of ether oxygens (including phenoxy) is 1. The molecule has 2 heteroatoms. The van der Waals surface area contributed by atoms with Gasteiger partial charge in [0.15, 0.2) is 0 Å². The van der Waals surface area contributed by atoms with E-state index in [2.05, 4.69) is 31.8 Å².